The summed E-state index contributed by atoms with van der Waals surface area (Å²) in [5.74, 6) is -4.27. The average Bonchev–Trinajstić information content (AvgIpc) is 2.85. The van der Waals surface area contributed by atoms with E-state index in [2.05, 4.69) is 5.32 Å². The molecule has 7 heteroatoms. The van der Waals surface area contributed by atoms with E-state index in [0.717, 1.165) is 18.9 Å². The molecule has 1 aliphatic rings. The van der Waals surface area contributed by atoms with Crippen molar-refractivity contribution in [2.24, 2.45) is 11.1 Å². The van der Waals surface area contributed by atoms with Crippen LogP contribution >= 0.6 is 12.2 Å². The molecule has 3 nitrogen and oxygen atoms in total. The van der Waals surface area contributed by atoms with Gasteiger partial charge in [-0.15, -0.1) is 0 Å². The second-order valence-electron chi connectivity index (χ2n) is 4.86. The van der Waals surface area contributed by atoms with Crippen LogP contribution in [0.4, 0.5) is 18.9 Å². The maximum atomic E-state index is 13.5. The minimum atomic E-state index is -1.36. The summed E-state index contributed by atoms with van der Waals surface area (Å²) in [4.78, 5) is 12.3. The van der Waals surface area contributed by atoms with Crippen molar-refractivity contribution in [1.82, 2.24) is 0 Å². The number of nitrogens with two attached hydrogens (primary N) is 1. The molecule has 0 saturated heterocycles. The molecule has 20 heavy (non-hydrogen) atoms. The lowest BCUT2D eigenvalue weighted by Crippen LogP contribution is -2.44. The van der Waals surface area contributed by atoms with Gasteiger partial charge < -0.3 is 11.1 Å². The lowest BCUT2D eigenvalue weighted by Gasteiger charge is -2.26. The maximum absolute atomic E-state index is 13.5. The highest BCUT2D eigenvalue weighted by Crippen LogP contribution is 2.39. The average molecular weight is 302 g/mol. The molecule has 2 rings (SSSR count). The van der Waals surface area contributed by atoms with Gasteiger partial charge in [0, 0.05) is 12.1 Å². The Kier molecular flexibility index (Phi) is 3.99. The molecule has 1 fully saturated rings. The molecule has 0 aliphatic heterocycles. The van der Waals surface area contributed by atoms with E-state index in [1.165, 1.54) is 0 Å². The van der Waals surface area contributed by atoms with E-state index in [-0.39, 0.29) is 4.99 Å². The number of carbonyl (C=O) groups excluding carboxylic acids is 1. The fraction of sp³-hybridized carbons (Fsp3) is 0.385. The molecule has 1 aromatic carbocycles. The largest absolute Gasteiger partial charge is 0.392 e. The summed E-state index contributed by atoms with van der Waals surface area (Å²) in [6, 6.07) is 1.13. The Labute approximate surface area is 119 Å². The standard InChI is InChI=1S/C13H13F3N2OS/c14-7-5-8(15)10(16)9(6-7)18-12(19)13(11(17)20)3-1-2-4-13/h5-6H,1-4H2,(H2,17,20)(H,18,19). The molecule has 0 atom stereocenters. The highest BCUT2D eigenvalue weighted by atomic mass is 32.1. The highest BCUT2D eigenvalue weighted by molar-refractivity contribution is 7.80. The second-order valence-corrected chi connectivity index (χ2v) is 5.30. The molecule has 1 aromatic rings. The zero-order valence-electron chi connectivity index (χ0n) is 10.5. The van der Waals surface area contributed by atoms with E-state index in [0.29, 0.717) is 18.9 Å². The van der Waals surface area contributed by atoms with Crippen molar-refractivity contribution in [2.75, 3.05) is 5.32 Å². The molecule has 0 radical (unpaired) electrons. The summed E-state index contributed by atoms with van der Waals surface area (Å²) in [7, 11) is 0. The number of nitrogens with one attached hydrogen (secondary N) is 1. The normalized spacial score (nSPS) is 16.9. The van der Waals surface area contributed by atoms with E-state index in [4.69, 9.17) is 18.0 Å². The quantitative estimate of drug-likeness (QED) is 0.667. The number of hydrogen-bond acceptors (Lipinski definition) is 2. The number of thiocarbonyl (C=S) groups is 1. The van der Waals surface area contributed by atoms with Gasteiger partial charge in [-0.2, -0.15) is 0 Å². The van der Waals surface area contributed by atoms with Gasteiger partial charge in [0.25, 0.3) is 0 Å². The van der Waals surface area contributed by atoms with Gasteiger partial charge in [0.1, 0.15) is 5.82 Å². The number of carbonyl (C=O) groups is 1. The molecule has 0 heterocycles. The Morgan fingerprint density at radius 1 is 1.25 bits per heavy atom. The summed E-state index contributed by atoms with van der Waals surface area (Å²) in [6.07, 6.45) is 2.44. The number of amides is 1. The van der Waals surface area contributed by atoms with Gasteiger partial charge >= 0.3 is 0 Å². The van der Waals surface area contributed by atoms with Crippen LogP contribution in [0.2, 0.25) is 0 Å². The smallest absolute Gasteiger partial charge is 0.237 e. The number of rotatable bonds is 3. The van der Waals surface area contributed by atoms with Crippen molar-refractivity contribution in [1.29, 1.82) is 0 Å². The molecule has 0 bridgehead atoms. The number of hydrogen-bond donors (Lipinski definition) is 2. The van der Waals surface area contributed by atoms with Crippen molar-refractivity contribution in [3.8, 4) is 0 Å². The summed E-state index contributed by atoms with van der Waals surface area (Å²) >= 11 is 4.92. The molecular formula is C13H13F3N2OS. The number of benzene rings is 1. The van der Waals surface area contributed by atoms with Gasteiger partial charge in [0.05, 0.1) is 16.1 Å². The van der Waals surface area contributed by atoms with Crippen molar-refractivity contribution in [3.63, 3.8) is 0 Å². The summed E-state index contributed by atoms with van der Waals surface area (Å²) in [6.45, 7) is 0. The zero-order chi connectivity index (χ0) is 14.9. The monoisotopic (exact) mass is 302 g/mol. The molecule has 1 aliphatic carbocycles. The minimum Gasteiger partial charge on any atom is -0.392 e. The molecule has 0 aromatic heterocycles. The molecule has 0 spiro atoms. The molecule has 1 amide bonds. The Morgan fingerprint density at radius 3 is 2.40 bits per heavy atom. The Bertz CT molecular complexity index is 571. The number of halogens is 3. The fourth-order valence-corrected chi connectivity index (χ4v) is 2.75. The third-order valence-corrected chi connectivity index (χ3v) is 4.00. The first-order valence-electron chi connectivity index (χ1n) is 6.13. The van der Waals surface area contributed by atoms with Gasteiger partial charge in [0.2, 0.25) is 5.91 Å². The zero-order valence-corrected chi connectivity index (χ0v) is 11.3. The number of anilines is 1. The maximum Gasteiger partial charge on any atom is 0.237 e. The van der Waals surface area contributed by atoms with Crippen LogP contribution < -0.4 is 11.1 Å². The van der Waals surface area contributed by atoms with Crippen LogP contribution in [0.25, 0.3) is 0 Å². The first-order valence-corrected chi connectivity index (χ1v) is 6.53. The van der Waals surface area contributed by atoms with Crippen LogP contribution in [0.3, 0.4) is 0 Å². The van der Waals surface area contributed by atoms with E-state index in [1.807, 2.05) is 0 Å². The fourth-order valence-electron chi connectivity index (χ4n) is 2.45. The van der Waals surface area contributed by atoms with Crippen LogP contribution in [0.5, 0.6) is 0 Å². The SMILES string of the molecule is NC(=S)C1(C(=O)Nc2cc(F)cc(F)c2F)CCCC1. The molecule has 0 unspecified atom stereocenters. The lowest BCUT2D eigenvalue weighted by molar-refractivity contribution is -0.122. The Morgan fingerprint density at radius 2 is 1.85 bits per heavy atom. The van der Waals surface area contributed by atoms with E-state index >= 15 is 0 Å². The Balaban J connectivity index is 2.30. The van der Waals surface area contributed by atoms with Crippen LogP contribution in [0, 0.1) is 22.9 Å². The van der Waals surface area contributed by atoms with Gasteiger partial charge in [-0.25, -0.2) is 13.2 Å². The third kappa shape index (κ3) is 2.49. The van der Waals surface area contributed by atoms with Gasteiger partial charge in [-0.3, -0.25) is 4.79 Å². The van der Waals surface area contributed by atoms with Crippen molar-refractivity contribution >= 4 is 28.8 Å². The summed E-state index contributed by atoms with van der Waals surface area (Å²) < 4.78 is 39.7. The van der Waals surface area contributed by atoms with Crippen molar-refractivity contribution in [2.45, 2.75) is 25.7 Å². The lowest BCUT2D eigenvalue weighted by atomic mass is 9.85. The van der Waals surface area contributed by atoms with Gasteiger partial charge in [-0.1, -0.05) is 25.1 Å². The first kappa shape index (κ1) is 14.8. The van der Waals surface area contributed by atoms with E-state index < -0.39 is 34.5 Å². The van der Waals surface area contributed by atoms with E-state index in [1.54, 1.807) is 0 Å². The predicted octanol–water partition coefficient (Wildman–Crippen LogP) is 2.89. The molecule has 108 valence electrons. The third-order valence-electron chi connectivity index (χ3n) is 3.60. The summed E-state index contributed by atoms with van der Waals surface area (Å²) in [5.41, 5.74) is 4.00. The van der Waals surface area contributed by atoms with Crippen LogP contribution in [0.1, 0.15) is 25.7 Å². The second kappa shape index (κ2) is 5.40. The topological polar surface area (TPSA) is 55.1 Å². The van der Waals surface area contributed by atoms with Gasteiger partial charge in [0.15, 0.2) is 11.6 Å². The first-order chi connectivity index (χ1) is 9.36. The van der Waals surface area contributed by atoms with Crippen molar-refractivity contribution < 1.29 is 18.0 Å². The minimum absolute atomic E-state index is 0.0183. The Hall–Kier alpha value is -1.63. The predicted molar refractivity (Wildman–Crippen MR) is 72.6 cm³/mol. The molecular weight excluding hydrogens is 289 g/mol. The van der Waals surface area contributed by atoms with E-state index in [9.17, 15) is 18.0 Å². The van der Waals surface area contributed by atoms with Crippen LogP contribution in [0.15, 0.2) is 12.1 Å². The highest BCUT2D eigenvalue weighted by Gasteiger charge is 2.44. The molecule has 1 saturated carbocycles. The van der Waals surface area contributed by atoms with Crippen LogP contribution in [-0.4, -0.2) is 10.9 Å². The van der Waals surface area contributed by atoms with Crippen LogP contribution in [-0.2, 0) is 4.79 Å². The molecule has 3 N–H and O–H groups in total. The summed E-state index contributed by atoms with van der Waals surface area (Å²) in [5, 5.41) is 2.19. The van der Waals surface area contributed by atoms with Crippen molar-refractivity contribution in [3.05, 3.63) is 29.6 Å². The van der Waals surface area contributed by atoms with Gasteiger partial charge in [-0.05, 0) is 12.8 Å².